The van der Waals surface area contributed by atoms with Crippen LogP contribution in [-0.4, -0.2) is 47.2 Å². The normalized spacial score (nSPS) is 26.0. The zero-order valence-corrected chi connectivity index (χ0v) is 9.21. The van der Waals surface area contributed by atoms with E-state index in [0.717, 1.165) is 19.5 Å². The minimum Gasteiger partial charge on any atom is -0.394 e. The van der Waals surface area contributed by atoms with E-state index in [4.69, 9.17) is 5.11 Å². The van der Waals surface area contributed by atoms with Crippen molar-refractivity contribution in [1.82, 2.24) is 10.2 Å². The van der Waals surface area contributed by atoms with Crippen LogP contribution < -0.4 is 5.32 Å². The highest BCUT2D eigenvalue weighted by Gasteiger charge is 2.48. The third-order valence-electron chi connectivity index (χ3n) is 2.63. The lowest BCUT2D eigenvalue weighted by atomic mass is 10.1. The van der Waals surface area contributed by atoms with Gasteiger partial charge in [0, 0.05) is 18.6 Å². The van der Waals surface area contributed by atoms with Gasteiger partial charge in [-0.3, -0.25) is 9.69 Å². The Morgan fingerprint density at radius 3 is 2.79 bits per heavy atom. The van der Waals surface area contributed by atoms with E-state index in [-0.39, 0.29) is 24.1 Å². The molecule has 0 aromatic rings. The Kier molecular flexibility index (Phi) is 3.50. The van der Waals surface area contributed by atoms with Crippen LogP contribution in [0.15, 0.2) is 0 Å². The van der Waals surface area contributed by atoms with Crippen molar-refractivity contribution in [2.75, 3.05) is 19.7 Å². The van der Waals surface area contributed by atoms with Gasteiger partial charge in [-0.05, 0) is 20.3 Å². The molecule has 2 unspecified atom stereocenters. The number of hydrogen-bond acceptors (Lipinski definition) is 3. The van der Waals surface area contributed by atoms with Gasteiger partial charge in [0.1, 0.15) is 6.04 Å². The molecule has 0 spiro atoms. The van der Waals surface area contributed by atoms with Crippen LogP contribution in [0.1, 0.15) is 27.2 Å². The van der Waals surface area contributed by atoms with E-state index in [1.54, 1.807) is 0 Å². The number of rotatable bonds is 5. The van der Waals surface area contributed by atoms with Crippen LogP contribution in [-0.2, 0) is 4.79 Å². The maximum absolute atomic E-state index is 11.5. The molecule has 1 rings (SSSR count). The van der Waals surface area contributed by atoms with Gasteiger partial charge in [-0.25, -0.2) is 0 Å². The van der Waals surface area contributed by atoms with E-state index < -0.39 is 0 Å². The topological polar surface area (TPSA) is 52.3 Å². The molecule has 1 amide bonds. The lowest BCUT2D eigenvalue weighted by molar-refractivity contribution is -0.121. The highest BCUT2D eigenvalue weighted by Crippen LogP contribution is 2.28. The SMILES string of the molecule is CCCNC(=O)C1CN1C(C)(C)CO. The number of hydrogen-bond donors (Lipinski definition) is 2. The number of aliphatic hydroxyl groups excluding tert-OH is 1. The van der Waals surface area contributed by atoms with Gasteiger partial charge in [-0.15, -0.1) is 0 Å². The van der Waals surface area contributed by atoms with Crippen LogP contribution in [0.3, 0.4) is 0 Å². The first-order valence-electron chi connectivity index (χ1n) is 5.18. The molecule has 1 heterocycles. The number of carbonyl (C=O) groups excluding carboxylic acids is 1. The Bertz CT molecular complexity index is 216. The summed E-state index contributed by atoms with van der Waals surface area (Å²) in [5, 5.41) is 12.0. The number of amides is 1. The van der Waals surface area contributed by atoms with Crippen molar-refractivity contribution in [1.29, 1.82) is 0 Å². The van der Waals surface area contributed by atoms with Gasteiger partial charge in [-0.1, -0.05) is 6.92 Å². The van der Waals surface area contributed by atoms with Crippen molar-refractivity contribution in [3.05, 3.63) is 0 Å². The predicted octanol–water partition coefficient (Wildman–Crippen LogP) is -0.0323. The molecule has 82 valence electrons. The third kappa shape index (κ3) is 2.45. The second kappa shape index (κ2) is 4.28. The van der Waals surface area contributed by atoms with E-state index in [1.165, 1.54) is 0 Å². The molecule has 0 aliphatic carbocycles. The highest BCUT2D eigenvalue weighted by atomic mass is 16.3. The van der Waals surface area contributed by atoms with E-state index in [0.29, 0.717) is 0 Å². The van der Waals surface area contributed by atoms with E-state index in [1.807, 2.05) is 25.7 Å². The molecule has 4 nitrogen and oxygen atoms in total. The van der Waals surface area contributed by atoms with Gasteiger partial charge in [0.25, 0.3) is 0 Å². The molecule has 14 heavy (non-hydrogen) atoms. The van der Waals surface area contributed by atoms with Crippen LogP contribution in [0.5, 0.6) is 0 Å². The predicted molar refractivity (Wildman–Crippen MR) is 55.0 cm³/mol. The molecule has 2 atom stereocenters. The average molecular weight is 200 g/mol. The van der Waals surface area contributed by atoms with Crippen LogP contribution in [0.25, 0.3) is 0 Å². The Labute approximate surface area is 85.3 Å². The first-order valence-corrected chi connectivity index (χ1v) is 5.18. The summed E-state index contributed by atoms with van der Waals surface area (Å²) >= 11 is 0. The average Bonchev–Trinajstić information content (AvgIpc) is 2.94. The zero-order valence-electron chi connectivity index (χ0n) is 9.21. The zero-order chi connectivity index (χ0) is 10.8. The number of nitrogens with one attached hydrogen (secondary N) is 1. The minimum absolute atomic E-state index is 0.0244. The maximum Gasteiger partial charge on any atom is 0.238 e. The first kappa shape index (κ1) is 11.5. The summed E-state index contributed by atoms with van der Waals surface area (Å²) in [6.07, 6.45) is 0.960. The molecule has 1 aliphatic heterocycles. The number of carbonyl (C=O) groups is 1. The summed E-state index contributed by atoms with van der Waals surface area (Å²) in [5.41, 5.74) is -0.270. The fourth-order valence-corrected chi connectivity index (χ4v) is 1.49. The lowest BCUT2D eigenvalue weighted by Gasteiger charge is -2.24. The molecule has 1 aliphatic rings. The molecular weight excluding hydrogens is 180 g/mol. The molecule has 0 saturated carbocycles. The third-order valence-corrected chi connectivity index (χ3v) is 2.63. The minimum atomic E-state index is -0.270. The van der Waals surface area contributed by atoms with Crippen LogP contribution in [0.4, 0.5) is 0 Å². The van der Waals surface area contributed by atoms with Crippen molar-refractivity contribution in [3.63, 3.8) is 0 Å². The van der Waals surface area contributed by atoms with Gasteiger partial charge in [0.2, 0.25) is 5.91 Å². The number of nitrogens with zero attached hydrogens (tertiary/aromatic N) is 1. The Hall–Kier alpha value is -0.610. The first-order chi connectivity index (χ1) is 6.53. The quantitative estimate of drug-likeness (QED) is 0.613. The molecular formula is C10H20N2O2. The van der Waals surface area contributed by atoms with Crippen molar-refractivity contribution in [3.8, 4) is 0 Å². The summed E-state index contributed by atoms with van der Waals surface area (Å²) in [4.78, 5) is 13.5. The second-order valence-electron chi connectivity index (χ2n) is 4.43. The van der Waals surface area contributed by atoms with Gasteiger partial charge >= 0.3 is 0 Å². The molecule has 2 N–H and O–H groups in total. The van der Waals surface area contributed by atoms with Gasteiger partial charge < -0.3 is 10.4 Å². The number of aliphatic hydroxyl groups is 1. The monoisotopic (exact) mass is 200 g/mol. The standard InChI is InChI=1S/C10H20N2O2/c1-4-5-11-9(14)8-6-12(8)10(2,3)7-13/h8,13H,4-7H2,1-3H3,(H,11,14). The molecule has 4 heteroatoms. The van der Waals surface area contributed by atoms with Gasteiger partial charge in [0.05, 0.1) is 6.61 Å². The van der Waals surface area contributed by atoms with Crippen molar-refractivity contribution >= 4 is 5.91 Å². The summed E-state index contributed by atoms with van der Waals surface area (Å²) in [5.74, 6) is 0.0911. The van der Waals surface area contributed by atoms with Crippen LogP contribution in [0.2, 0.25) is 0 Å². The largest absolute Gasteiger partial charge is 0.394 e. The van der Waals surface area contributed by atoms with Gasteiger partial charge in [0.15, 0.2) is 0 Å². The van der Waals surface area contributed by atoms with E-state index in [9.17, 15) is 4.79 Å². The molecule has 0 aromatic heterocycles. The van der Waals surface area contributed by atoms with Gasteiger partial charge in [-0.2, -0.15) is 0 Å². The molecule has 1 saturated heterocycles. The summed E-state index contributed by atoms with van der Waals surface area (Å²) in [6, 6.07) is -0.0244. The molecule has 1 fully saturated rings. The second-order valence-corrected chi connectivity index (χ2v) is 4.43. The lowest BCUT2D eigenvalue weighted by Crippen LogP contribution is -2.40. The fourth-order valence-electron chi connectivity index (χ4n) is 1.49. The highest BCUT2D eigenvalue weighted by molar-refractivity contribution is 5.84. The summed E-state index contributed by atoms with van der Waals surface area (Å²) in [7, 11) is 0. The summed E-state index contributed by atoms with van der Waals surface area (Å²) < 4.78 is 0. The Balaban J connectivity index is 2.35. The van der Waals surface area contributed by atoms with Crippen molar-refractivity contribution in [2.24, 2.45) is 0 Å². The maximum atomic E-state index is 11.5. The molecule has 0 bridgehead atoms. The van der Waals surface area contributed by atoms with Crippen molar-refractivity contribution in [2.45, 2.75) is 38.8 Å². The molecule has 0 aromatic carbocycles. The van der Waals surface area contributed by atoms with E-state index in [2.05, 4.69) is 5.32 Å². The summed E-state index contributed by atoms with van der Waals surface area (Å²) in [6.45, 7) is 7.51. The molecule has 0 radical (unpaired) electrons. The van der Waals surface area contributed by atoms with E-state index >= 15 is 0 Å². The van der Waals surface area contributed by atoms with Crippen LogP contribution >= 0.6 is 0 Å². The van der Waals surface area contributed by atoms with Crippen molar-refractivity contribution < 1.29 is 9.90 Å². The Morgan fingerprint density at radius 1 is 1.64 bits per heavy atom. The smallest absolute Gasteiger partial charge is 0.238 e. The van der Waals surface area contributed by atoms with Crippen LogP contribution in [0, 0.1) is 0 Å². The Morgan fingerprint density at radius 2 is 2.29 bits per heavy atom. The fraction of sp³-hybridized carbons (Fsp3) is 0.900.